The third-order valence-electron chi connectivity index (χ3n) is 6.43. The molecule has 148 valence electrons. The van der Waals surface area contributed by atoms with Crippen molar-refractivity contribution in [1.82, 2.24) is 9.80 Å². The lowest BCUT2D eigenvalue weighted by atomic mass is 9.81. The van der Waals surface area contributed by atoms with E-state index < -0.39 is 5.97 Å². The van der Waals surface area contributed by atoms with Crippen LogP contribution in [0, 0.1) is 5.92 Å². The van der Waals surface area contributed by atoms with Crippen LogP contribution in [0.4, 0.5) is 0 Å². The third kappa shape index (κ3) is 3.92. The van der Waals surface area contributed by atoms with Crippen molar-refractivity contribution in [1.29, 1.82) is 0 Å². The molecule has 2 fully saturated rings. The number of hydrogen-bond donors (Lipinski definition) is 2. The van der Waals surface area contributed by atoms with Crippen LogP contribution in [0.25, 0.3) is 0 Å². The first kappa shape index (κ1) is 19.3. The molecule has 0 aliphatic carbocycles. The largest absolute Gasteiger partial charge is 0.512 e. The summed E-state index contributed by atoms with van der Waals surface area (Å²) in [7, 11) is 1.96. The molecule has 1 aromatic rings. The van der Waals surface area contributed by atoms with Gasteiger partial charge in [-0.25, -0.2) is 0 Å². The van der Waals surface area contributed by atoms with Gasteiger partial charge in [0.05, 0.1) is 11.9 Å². The van der Waals surface area contributed by atoms with Crippen molar-refractivity contribution in [3.8, 4) is 0 Å². The van der Waals surface area contributed by atoms with Gasteiger partial charge in [0.25, 0.3) is 0 Å². The first-order valence-electron chi connectivity index (χ1n) is 9.80. The van der Waals surface area contributed by atoms with Crippen molar-refractivity contribution in [2.75, 3.05) is 20.1 Å². The average molecular weight is 409 g/mol. The fourth-order valence-corrected chi connectivity index (χ4v) is 7.45. The molecule has 27 heavy (non-hydrogen) atoms. The quantitative estimate of drug-likeness (QED) is 0.769. The second-order valence-corrected chi connectivity index (χ2v) is 10.1. The monoisotopic (exact) mass is 408 g/mol. The van der Waals surface area contributed by atoms with Crippen LogP contribution in [-0.4, -0.2) is 63.6 Å². The van der Waals surface area contributed by atoms with Gasteiger partial charge in [-0.3, -0.25) is 14.6 Å². The van der Waals surface area contributed by atoms with E-state index in [0.717, 1.165) is 38.8 Å². The second kappa shape index (κ2) is 8.15. The van der Waals surface area contributed by atoms with Gasteiger partial charge in [-0.2, -0.15) is 0 Å². The van der Waals surface area contributed by atoms with E-state index in [9.17, 15) is 15.0 Å². The first-order valence-corrected chi connectivity index (χ1v) is 11.6. The van der Waals surface area contributed by atoms with E-state index in [1.807, 2.05) is 23.8 Å². The van der Waals surface area contributed by atoms with E-state index >= 15 is 0 Å². The van der Waals surface area contributed by atoms with Gasteiger partial charge in [-0.15, -0.1) is 23.1 Å². The lowest BCUT2D eigenvalue weighted by molar-refractivity contribution is -0.143. The Bertz CT molecular complexity index is 693. The number of nitrogens with zero attached hydrogens (tertiary/aromatic N) is 2. The summed E-state index contributed by atoms with van der Waals surface area (Å²) in [5, 5.41) is 23.9. The number of hydrogen-bond acceptors (Lipinski definition) is 6. The highest BCUT2D eigenvalue weighted by atomic mass is 32.2. The molecule has 4 rings (SSSR count). The minimum absolute atomic E-state index is 0.237. The Morgan fingerprint density at radius 2 is 2.19 bits per heavy atom. The van der Waals surface area contributed by atoms with Crippen molar-refractivity contribution in [2.45, 2.75) is 55.5 Å². The number of aliphatic carboxylic acids is 1. The van der Waals surface area contributed by atoms with Crippen LogP contribution in [0.2, 0.25) is 0 Å². The SMILES string of the molecule is CN1C(C(=O)O)CCC1N1CCCC(C(c2cccs2)C2CC(O)=CS2)C1. The predicted octanol–water partition coefficient (Wildman–Crippen LogP) is 3.95. The van der Waals surface area contributed by atoms with Crippen LogP contribution >= 0.6 is 23.1 Å². The molecule has 2 saturated heterocycles. The van der Waals surface area contributed by atoms with Crippen LogP contribution < -0.4 is 0 Å². The summed E-state index contributed by atoms with van der Waals surface area (Å²) >= 11 is 3.60. The van der Waals surface area contributed by atoms with Crippen molar-refractivity contribution in [2.24, 2.45) is 5.92 Å². The second-order valence-electron chi connectivity index (χ2n) is 8.00. The number of likely N-dealkylation sites (N-methyl/N-ethyl adjacent to an activating group) is 1. The molecule has 0 saturated carbocycles. The molecule has 2 N–H and O–H groups in total. The molecule has 0 bridgehead atoms. The molecule has 5 unspecified atom stereocenters. The molecule has 3 aliphatic heterocycles. The standard InChI is InChI=1S/C20H28N2O3S2/c1-21-15(20(24)25)6-7-18(21)22-8-2-4-13(11-22)19(16-5-3-9-26-16)17-10-14(23)12-27-17/h3,5,9,12-13,15,17-19,23H,2,4,6-8,10-11H2,1H3,(H,24,25). The van der Waals surface area contributed by atoms with E-state index in [1.165, 1.54) is 11.3 Å². The van der Waals surface area contributed by atoms with Crippen LogP contribution in [0.3, 0.4) is 0 Å². The fraction of sp³-hybridized carbons (Fsp3) is 0.650. The maximum atomic E-state index is 11.5. The Labute approximate surface area is 169 Å². The zero-order valence-electron chi connectivity index (χ0n) is 15.7. The van der Waals surface area contributed by atoms with Crippen molar-refractivity contribution in [3.05, 3.63) is 33.6 Å². The zero-order chi connectivity index (χ0) is 19.0. The molecule has 0 amide bonds. The van der Waals surface area contributed by atoms with E-state index in [1.54, 1.807) is 11.8 Å². The summed E-state index contributed by atoms with van der Waals surface area (Å²) in [6, 6.07) is 4.02. The Kier molecular flexibility index (Phi) is 5.83. The van der Waals surface area contributed by atoms with Crippen LogP contribution in [-0.2, 0) is 4.79 Å². The lowest BCUT2D eigenvalue weighted by Crippen LogP contribution is -2.51. The Hall–Kier alpha value is -1.02. The summed E-state index contributed by atoms with van der Waals surface area (Å²) in [4.78, 5) is 17.5. The summed E-state index contributed by atoms with van der Waals surface area (Å²) < 4.78 is 0. The summed E-state index contributed by atoms with van der Waals surface area (Å²) in [5.41, 5.74) is 0. The fourth-order valence-electron chi connectivity index (χ4n) is 5.14. The van der Waals surface area contributed by atoms with E-state index in [-0.39, 0.29) is 12.2 Å². The van der Waals surface area contributed by atoms with Crippen molar-refractivity contribution in [3.63, 3.8) is 0 Å². The molecular weight excluding hydrogens is 380 g/mol. The predicted molar refractivity (Wildman–Crippen MR) is 110 cm³/mol. The van der Waals surface area contributed by atoms with Gasteiger partial charge < -0.3 is 10.2 Å². The van der Waals surface area contributed by atoms with Gasteiger partial charge in [0.15, 0.2) is 0 Å². The number of rotatable bonds is 5. The highest BCUT2D eigenvalue weighted by Gasteiger charge is 2.42. The van der Waals surface area contributed by atoms with Gasteiger partial charge in [0.2, 0.25) is 0 Å². The Morgan fingerprint density at radius 3 is 2.81 bits per heavy atom. The highest BCUT2D eigenvalue weighted by Crippen LogP contribution is 2.46. The summed E-state index contributed by atoms with van der Waals surface area (Å²) in [6.45, 7) is 2.07. The average Bonchev–Trinajstić information content (AvgIpc) is 3.38. The zero-order valence-corrected chi connectivity index (χ0v) is 17.3. The molecule has 3 aliphatic rings. The summed E-state index contributed by atoms with van der Waals surface area (Å²) in [5.74, 6) is 0.806. The van der Waals surface area contributed by atoms with Crippen LogP contribution in [0.15, 0.2) is 28.7 Å². The molecule has 5 nitrogen and oxygen atoms in total. The van der Waals surface area contributed by atoms with Gasteiger partial charge >= 0.3 is 5.97 Å². The first-order chi connectivity index (χ1) is 13.0. The molecule has 1 aromatic heterocycles. The molecule has 0 spiro atoms. The van der Waals surface area contributed by atoms with Crippen LogP contribution in [0.5, 0.6) is 0 Å². The molecule has 0 radical (unpaired) electrons. The number of allylic oxidation sites excluding steroid dienone is 1. The Balaban J connectivity index is 1.50. The highest BCUT2D eigenvalue weighted by molar-refractivity contribution is 8.03. The number of carboxylic acid groups (broad SMARTS) is 1. The number of aliphatic hydroxyl groups is 1. The number of aliphatic hydroxyl groups excluding tert-OH is 1. The molecule has 0 aromatic carbocycles. The molecule has 5 atom stereocenters. The van der Waals surface area contributed by atoms with Crippen molar-refractivity contribution < 1.29 is 15.0 Å². The number of likely N-dealkylation sites (tertiary alicyclic amines) is 2. The number of carbonyl (C=O) groups is 1. The normalized spacial score (nSPS) is 33.9. The van der Waals surface area contributed by atoms with Crippen LogP contribution in [0.1, 0.15) is 42.9 Å². The van der Waals surface area contributed by atoms with Gasteiger partial charge in [0.1, 0.15) is 6.04 Å². The third-order valence-corrected chi connectivity index (χ3v) is 8.62. The smallest absolute Gasteiger partial charge is 0.320 e. The number of thioether (sulfide) groups is 1. The summed E-state index contributed by atoms with van der Waals surface area (Å²) in [6.07, 6.45) is 5.03. The maximum Gasteiger partial charge on any atom is 0.320 e. The van der Waals surface area contributed by atoms with Gasteiger partial charge in [-0.05, 0) is 56.6 Å². The maximum absolute atomic E-state index is 11.5. The molecule has 7 heteroatoms. The minimum atomic E-state index is -0.700. The number of thiophene rings is 1. The van der Waals surface area contributed by atoms with E-state index in [0.29, 0.717) is 22.8 Å². The molecule has 4 heterocycles. The van der Waals surface area contributed by atoms with Gasteiger partial charge in [0, 0.05) is 34.4 Å². The minimum Gasteiger partial charge on any atom is -0.512 e. The Morgan fingerprint density at radius 1 is 1.33 bits per heavy atom. The van der Waals surface area contributed by atoms with Gasteiger partial charge in [-0.1, -0.05) is 6.07 Å². The number of piperidine rings is 1. The van der Waals surface area contributed by atoms with Crippen molar-refractivity contribution >= 4 is 29.1 Å². The molecular formula is C20H28N2O3S2. The topological polar surface area (TPSA) is 64.0 Å². The van der Waals surface area contributed by atoms with E-state index in [2.05, 4.69) is 27.3 Å². The lowest BCUT2D eigenvalue weighted by Gasteiger charge is -2.43. The number of carboxylic acids is 1. The van der Waals surface area contributed by atoms with E-state index in [4.69, 9.17) is 0 Å².